The van der Waals surface area contributed by atoms with Crippen molar-refractivity contribution < 1.29 is 0 Å². The summed E-state index contributed by atoms with van der Waals surface area (Å²) in [4.78, 5) is 0. The average molecular weight is 172 g/mol. The Morgan fingerprint density at radius 2 is 2.62 bits per heavy atom. The van der Waals surface area contributed by atoms with Gasteiger partial charge in [0.15, 0.2) is 0 Å². The van der Waals surface area contributed by atoms with Gasteiger partial charge in [-0.2, -0.15) is 0 Å². The maximum Gasteiger partial charge on any atom is 0.00719 e. The van der Waals surface area contributed by atoms with Crippen molar-refractivity contribution in [3.8, 4) is 0 Å². The molecule has 1 aliphatic carbocycles. The summed E-state index contributed by atoms with van der Waals surface area (Å²) < 4.78 is 0. The van der Waals surface area contributed by atoms with Crippen molar-refractivity contribution >= 4 is 15.9 Å². The molecule has 0 heterocycles. The molecule has 0 aromatic heterocycles. The topological polar surface area (TPSA) is 0 Å². The van der Waals surface area contributed by atoms with Crippen LogP contribution in [0.4, 0.5) is 0 Å². The maximum atomic E-state index is 3.36. The minimum atomic E-state index is 1.02. The molecule has 0 bridgehead atoms. The average Bonchev–Trinajstić information content (AvgIpc) is 2.19. The number of hydrogen-bond donors (Lipinski definition) is 0. The lowest BCUT2D eigenvalue weighted by molar-refractivity contribution is 1.17. The SMILES string of the molecule is BrCCC1=[C]CC=C1. The molecular weight excluding hydrogens is 164 g/mol. The van der Waals surface area contributed by atoms with Gasteiger partial charge in [0.05, 0.1) is 0 Å². The first-order chi connectivity index (χ1) is 3.93. The number of allylic oxidation sites excluding steroid dienone is 4. The highest BCUT2D eigenvalue weighted by Gasteiger charge is 1.94. The Labute approximate surface area is 58.4 Å². The zero-order chi connectivity index (χ0) is 5.82. The summed E-state index contributed by atoms with van der Waals surface area (Å²) >= 11 is 3.36. The predicted octanol–water partition coefficient (Wildman–Crippen LogP) is 2.46. The standard InChI is InChI=1S/C7H8Br/c8-6-5-7-3-1-2-4-7/h1,3H,2,5-6H2. The third-order valence-corrected chi connectivity index (χ3v) is 1.53. The Morgan fingerprint density at radius 3 is 3.12 bits per heavy atom. The Hall–Kier alpha value is -0.0400. The van der Waals surface area contributed by atoms with Gasteiger partial charge in [-0.25, -0.2) is 0 Å². The highest BCUT2D eigenvalue weighted by atomic mass is 79.9. The molecule has 0 spiro atoms. The molecule has 0 atom stereocenters. The van der Waals surface area contributed by atoms with Crippen LogP contribution in [0.5, 0.6) is 0 Å². The molecule has 0 saturated carbocycles. The summed E-state index contributed by atoms with van der Waals surface area (Å²) in [6, 6.07) is 0. The molecule has 0 saturated heterocycles. The Morgan fingerprint density at radius 1 is 1.75 bits per heavy atom. The molecule has 0 nitrogen and oxygen atoms in total. The van der Waals surface area contributed by atoms with Crippen molar-refractivity contribution in [1.29, 1.82) is 0 Å². The lowest BCUT2D eigenvalue weighted by atomic mass is 10.2. The summed E-state index contributed by atoms with van der Waals surface area (Å²) in [6.07, 6.45) is 9.65. The number of alkyl halides is 1. The van der Waals surface area contributed by atoms with E-state index in [0.29, 0.717) is 0 Å². The van der Waals surface area contributed by atoms with E-state index in [9.17, 15) is 0 Å². The first kappa shape index (κ1) is 6.09. The maximum absolute atomic E-state index is 3.36. The van der Waals surface area contributed by atoms with Crippen LogP contribution >= 0.6 is 15.9 Å². The molecule has 0 aromatic rings. The van der Waals surface area contributed by atoms with Gasteiger partial charge in [-0.3, -0.25) is 0 Å². The number of rotatable bonds is 2. The summed E-state index contributed by atoms with van der Waals surface area (Å²) in [5.41, 5.74) is 1.35. The van der Waals surface area contributed by atoms with Gasteiger partial charge in [-0.1, -0.05) is 28.1 Å². The van der Waals surface area contributed by atoms with E-state index in [1.807, 2.05) is 0 Å². The predicted molar refractivity (Wildman–Crippen MR) is 38.9 cm³/mol. The monoisotopic (exact) mass is 171 g/mol. The lowest BCUT2D eigenvalue weighted by Gasteiger charge is -1.88. The van der Waals surface area contributed by atoms with Crippen molar-refractivity contribution in [3.63, 3.8) is 0 Å². The van der Waals surface area contributed by atoms with E-state index in [2.05, 4.69) is 34.2 Å². The molecule has 1 rings (SSSR count). The number of hydrogen-bond acceptors (Lipinski definition) is 0. The molecule has 43 valence electrons. The highest BCUT2D eigenvalue weighted by molar-refractivity contribution is 9.09. The van der Waals surface area contributed by atoms with Gasteiger partial charge < -0.3 is 0 Å². The van der Waals surface area contributed by atoms with E-state index < -0.39 is 0 Å². The van der Waals surface area contributed by atoms with Crippen molar-refractivity contribution in [2.45, 2.75) is 12.8 Å². The Bertz CT molecular complexity index is 122. The molecule has 1 heteroatoms. The fourth-order valence-electron chi connectivity index (χ4n) is 0.724. The third kappa shape index (κ3) is 1.48. The summed E-state index contributed by atoms with van der Waals surface area (Å²) in [6.45, 7) is 0. The normalized spacial score (nSPS) is 16.9. The molecule has 0 unspecified atom stereocenters. The molecule has 0 aromatic carbocycles. The first-order valence-corrected chi connectivity index (χ1v) is 3.88. The van der Waals surface area contributed by atoms with E-state index in [0.717, 1.165) is 18.2 Å². The van der Waals surface area contributed by atoms with Gasteiger partial charge in [0.2, 0.25) is 0 Å². The van der Waals surface area contributed by atoms with E-state index in [1.165, 1.54) is 5.57 Å². The van der Waals surface area contributed by atoms with Crippen LogP contribution in [0.15, 0.2) is 17.7 Å². The van der Waals surface area contributed by atoms with Crippen LogP contribution in [0, 0.1) is 6.08 Å². The Kier molecular flexibility index (Phi) is 2.34. The van der Waals surface area contributed by atoms with Crippen LogP contribution in [0.1, 0.15) is 12.8 Å². The van der Waals surface area contributed by atoms with Crippen molar-refractivity contribution in [3.05, 3.63) is 23.8 Å². The van der Waals surface area contributed by atoms with Crippen molar-refractivity contribution in [2.75, 3.05) is 5.33 Å². The van der Waals surface area contributed by atoms with Crippen LogP contribution in [-0.4, -0.2) is 5.33 Å². The Balaban J connectivity index is 2.34. The molecule has 0 N–H and O–H groups in total. The third-order valence-electron chi connectivity index (χ3n) is 1.13. The molecular formula is C7H8Br. The molecule has 0 fully saturated rings. The van der Waals surface area contributed by atoms with Gasteiger partial charge in [-0.15, -0.1) is 0 Å². The molecule has 0 amide bonds. The largest absolute Gasteiger partial charge is 0.0924 e. The van der Waals surface area contributed by atoms with Crippen LogP contribution in [0.3, 0.4) is 0 Å². The second-order valence-corrected chi connectivity index (χ2v) is 2.54. The van der Waals surface area contributed by atoms with Gasteiger partial charge in [0.1, 0.15) is 0 Å². The van der Waals surface area contributed by atoms with Gasteiger partial charge in [-0.05, 0) is 24.5 Å². The highest BCUT2D eigenvalue weighted by Crippen LogP contribution is 2.11. The molecule has 0 aliphatic heterocycles. The van der Waals surface area contributed by atoms with Crippen LogP contribution in [0.25, 0.3) is 0 Å². The molecule has 1 aliphatic rings. The van der Waals surface area contributed by atoms with Crippen molar-refractivity contribution in [2.24, 2.45) is 0 Å². The zero-order valence-corrected chi connectivity index (χ0v) is 6.24. The lowest BCUT2D eigenvalue weighted by Crippen LogP contribution is -1.74. The first-order valence-electron chi connectivity index (χ1n) is 2.75. The van der Waals surface area contributed by atoms with Crippen LogP contribution in [0.2, 0.25) is 0 Å². The van der Waals surface area contributed by atoms with E-state index >= 15 is 0 Å². The summed E-state index contributed by atoms with van der Waals surface area (Å²) in [7, 11) is 0. The minimum absolute atomic E-state index is 1.02. The summed E-state index contributed by atoms with van der Waals surface area (Å²) in [5.74, 6) is 0. The quantitative estimate of drug-likeness (QED) is 0.561. The van der Waals surface area contributed by atoms with E-state index in [1.54, 1.807) is 0 Å². The van der Waals surface area contributed by atoms with Crippen molar-refractivity contribution in [1.82, 2.24) is 0 Å². The smallest absolute Gasteiger partial charge is 0.00719 e. The van der Waals surface area contributed by atoms with Gasteiger partial charge >= 0.3 is 0 Å². The van der Waals surface area contributed by atoms with Gasteiger partial charge in [0, 0.05) is 5.33 Å². The summed E-state index contributed by atoms with van der Waals surface area (Å²) in [5, 5.41) is 1.06. The van der Waals surface area contributed by atoms with E-state index in [4.69, 9.17) is 0 Å². The fourth-order valence-corrected chi connectivity index (χ4v) is 1.15. The van der Waals surface area contributed by atoms with Gasteiger partial charge in [0.25, 0.3) is 0 Å². The second-order valence-electron chi connectivity index (χ2n) is 1.75. The fraction of sp³-hybridized carbons (Fsp3) is 0.429. The minimum Gasteiger partial charge on any atom is -0.0924 e. The molecule has 8 heavy (non-hydrogen) atoms. The zero-order valence-electron chi connectivity index (χ0n) is 4.65. The molecule has 1 radical (unpaired) electrons. The van der Waals surface area contributed by atoms with E-state index in [-0.39, 0.29) is 0 Å². The number of halogens is 1. The van der Waals surface area contributed by atoms with Crippen LogP contribution in [-0.2, 0) is 0 Å². The van der Waals surface area contributed by atoms with Crippen LogP contribution < -0.4 is 0 Å². The second kappa shape index (κ2) is 3.08.